The van der Waals surface area contributed by atoms with Crippen molar-refractivity contribution in [1.82, 2.24) is 15.5 Å². The number of carbonyl (C=O) groups is 1. The van der Waals surface area contributed by atoms with Crippen molar-refractivity contribution in [2.75, 3.05) is 11.9 Å². The van der Waals surface area contributed by atoms with Crippen LogP contribution in [-0.4, -0.2) is 28.2 Å². The lowest BCUT2D eigenvalue weighted by molar-refractivity contribution is -0.122. The Bertz CT molecular complexity index is 613. The second-order valence-corrected chi connectivity index (χ2v) is 5.45. The van der Waals surface area contributed by atoms with E-state index in [4.69, 9.17) is 0 Å². The van der Waals surface area contributed by atoms with E-state index in [1.54, 1.807) is 6.20 Å². The molecule has 1 amide bonds. The van der Waals surface area contributed by atoms with E-state index in [0.717, 1.165) is 48.8 Å². The van der Waals surface area contributed by atoms with Crippen LogP contribution in [0.1, 0.15) is 32.6 Å². The average molecular weight is 272 g/mol. The van der Waals surface area contributed by atoms with Crippen LogP contribution >= 0.6 is 0 Å². The molecule has 3 rings (SSSR count). The van der Waals surface area contributed by atoms with E-state index < -0.39 is 5.54 Å². The lowest BCUT2D eigenvalue weighted by Crippen LogP contribution is -2.50. The van der Waals surface area contributed by atoms with Crippen LogP contribution in [0.25, 0.3) is 10.9 Å². The van der Waals surface area contributed by atoms with Gasteiger partial charge in [-0.2, -0.15) is 5.10 Å². The van der Waals surface area contributed by atoms with Crippen LogP contribution in [0.5, 0.6) is 0 Å². The van der Waals surface area contributed by atoms with Gasteiger partial charge in [0.25, 0.3) is 0 Å². The van der Waals surface area contributed by atoms with Crippen LogP contribution in [0.15, 0.2) is 24.4 Å². The van der Waals surface area contributed by atoms with Gasteiger partial charge in [0.1, 0.15) is 0 Å². The lowest BCUT2D eigenvalue weighted by Gasteiger charge is -2.28. The molecule has 0 saturated carbocycles. The molecule has 106 valence electrons. The number of hydrogen-bond donors (Lipinski definition) is 3. The number of fused-ring (bicyclic) bond motifs is 1. The molecule has 0 bridgehead atoms. The number of aromatic nitrogens is 2. The van der Waals surface area contributed by atoms with Crippen molar-refractivity contribution < 1.29 is 4.79 Å². The predicted molar refractivity (Wildman–Crippen MR) is 79.6 cm³/mol. The van der Waals surface area contributed by atoms with Gasteiger partial charge in [-0.15, -0.1) is 0 Å². The van der Waals surface area contributed by atoms with Gasteiger partial charge in [0.05, 0.1) is 22.9 Å². The van der Waals surface area contributed by atoms with Crippen molar-refractivity contribution in [2.24, 2.45) is 0 Å². The highest BCUT2D eigenvalue weighted by atomic mass is 16.2. The van der Waals surface area contributed by atoms with Gasteiger partial charge in [0, 0.05) is 5.39 Å². The van der Waals surface area contributed by atoms with E-state index in [0.29, 0.717) is 0 Å². The second-order valence-electron chi connectivity index (χ2n) is 5.45. The minimum absolute atomic E-state index is 0.0746. The number of nitrogens with zero attached hydrogens (tertiary/aromatic N) is 1. The zero-order valence-electron chi connectivity index (χ0n) is 11.7. The summed E-state index contributed by atoms with van der Waals surface area (Å²) >= 11 is 0. The first-order chi connectivity index (χ1) is 9.75. The van der Waals surface area contributed by atoms with Gasteiger partial charge in [-0.25, -0.2) is 0 Å². The Morgan fingerprint density at radius 1 is 1.50 bits per heavy atom. The smallest absolute Gasteiger partial charge is 0.244 e. The molecule has 1 aliphatic heterocycles. The fourth-order valence-corrected chi connectivity index (χ4v) is 3.07. The molecule has 1 unspecified atom stereocenters. The van der Waals surface area contributed by atoms with Crippen LogP contribution in [0.2, 0.25) is 0 Å². The number of nitrogens with one attached hydrogen (secondary N) is 3. The van der Waals surface area contributed by atoms with Gasteiger partial charge < -0.3 is 10.6 Å². The Kier molecular flexibility index (Phi) is 3.44. The summed E-state index contributed by atoms with van der Waals surface area (Å²) in [7, 11) is 0. The van der Waals surface area contributed by atoms with Crippen molar-refractivity contribution in [3.05, 3.63) is 24.4 Å². The fourth-order valence-electron chi connectivity index (χ4n) is 3.07. The van der Waals surface area contributed by atoms with Crippen LogP contribution in [0.4, 0.5) is 5.69 Å². The van der Waals surface area contributed by atoms with Gasteiger partial charge in [0.15, 0.2) is 0 Å². The van der Waals surface area contributed by atoms with E-state index in [1.807, 2.05) is 18.2 Å². The second kappa shape index (κ2) is 5.25. The summed E-state index contributed by atoms with van der Waals surface area (Å²) in [5, 5.41) is 14.4. The molecule has 2 aromatic rings. The van der Waals surface area contributed by atoms with E-state index in [-0.39, 0.29) is 5.91 Å². The van der Waals surface area contributed by atoms with Crippen molar-refractivity contribution in [1.29, 1.82) is 0 Å². The first-order valence-electron chi connectivity index (χ1n) is 7.24. The Balaban J connectivity index is 1.86. The summed E-state index contributed by atoms with van der Waals surface area (Å²) in [6.45, 7) is 3.04. The number of carbonyl (C=O) groups excluding carboxylic acids is 1. The highest BCUT2D eigenvalue weighted by Crippen LogP contribution is 2.28. The molecule has 1 aliphatic rings. The first-order valence-corrected chi connectivity index (χ1v) is 7.24. The average Bonchev–Trinajstić information content (AvgIpc) is 3.08. The van der Waals surface area contributed by atoms with E-state index >= 15 is 0 Å². The third-order valence-corrected chi connectivity index (χ3v) is 4.09. The molecule has 1 aromatic heterocycles. The summed E-state index contributed by atoms with van der Waals surface area (Å²) in [6, 6.07) is 5.79. The Labute approximate surface area is 118 Å². The maximum atomic E-state index is 12.7. The van der Waals surface area contributed by atoms with Gasteiger partial charge >= 0.3 is 0 Å². The Morgan fingerprint density at radius 2 is 2.40 bits per heavy atom. The summed E-state index contributed by atoms with van der Waals surface area (Å²) in [4.78, 5) is 12.7. The molecule has 0 aliphatic carbocycles. The van der Waals surface area contributed by atoms with E-state index in [2.05, 4.69) is 27.8 Å². The highest BCUT2D eigenvalue weighted by molar-refractivity contribution is 6.04. The third-order valence-electron chi connectivity index (χ3n) is 4.09. The predicted octanol–water partition coefficient (Wildman–Crippen LogP) is 2.42. The molecule has 1 atom stereocenters. The fraction of sp³-hybridized carbons (Fsp3) is 0.467. The standard InChI is InChI=1S/C15H20N4O/c1-2-7-15(8-4-9-16-15)14(20)18-12-5-3-6-13-11(12)10-17-19-13/h3,5-6,10,16H,2,4,7-9H2,1H3,(H,17,19)(H,18,20). The van der Waals surface area contributed by atoms with Crippen molar-refractivity contribution in [2.45, 2.75) is 38.1 Å². The molecule has 3 N–H and O–H groups in total. The quantitative estimate of drug-likeness (QED) is 0.800. The van der Waals surface area contributed by atoms with Crippen molar-refractivity contribution in [3.63, 3.8) is 0 Å². The number of hydrogen-bond acceptors (Lipinski definition) is 3. The molecular weight excluding hydrogens is 252 g/mol. The summed E-state index contributed by atoms with van der Waals surface area (Å²) in [5.41, 5.74) is 1.36. The number of anilines is 1. The summed E-state index contributed by atoms with van der Waals surface area (Å²) < 4.78 is 0. The van der Waals surface area contributed by atoms with Crippen LogP contribution < -0.4 is 10.6 Å². The van der Waals surface area contributed by atoms with Crippen molar-refractivity contribution >= 4 is 22.5 Å². The number of amides is 1. The maximum Gasteiger partial charge on any atom is 0.244 e. The molecule has 1 fully saturated rings. The minimum Gasteiger partial charge on any atom is -0.324 e. The molecule has 0 spiro atoms. The Morgan fingerprint density at radius 3 is 3.15 bits per heavy atom. The van der Waals surface area contributed by atoms with Gasteiger partial charge in [-0.05, 0) is 37.9 Å². The topological polar surface area (TPSA) is 69.8 Å². The van der Waals surface area contributed by atoms with E-state index in [9.17, 15) is 4.79 Å². The van der Waals surface area contributed by atoms with E-state index in [1.165, 1.54) is 0 Å². The van der Waals surface area contributed by atoms with Gasteiger partial charge in [-0.3, -0.25) is 9.89 Å². The molecule has 5 nitrogen and oxygen atoms in total. The molecule has 0 radical (unpaired) electrons. The Hall–Kier alpha value is -1.88. The maximum absolute atomic E-state index is 12.7. The third kappa shape index (κ3) is 2.18. The van der Waals surface area contributed by atoms with Crippen LogP contribution in [-0.2, 0) is 4.79 Å². The molecule has 1 aromatic carbocycles. The zero-order valence-corrected chi connectivity index (χ0v) is 11.7. The lowest BCUT2D eigenvalue weighted by atomic mass is 9.90. The largest absolute Gasteiger partial charge is 0.324 e. The number of rotatable bonds is 4. The molecule has 20 heavy (non-hydrogen) atoms. The normalized spacial score (nSPS) is 22.2. The molecule has 2 heterocycles. The number of H-pyrrole nitrogens is 1. The van der Waals surface area contributed by atoms with Crippen LogP contribution in [0, 0.1) is 0 Å². The van der Waals surface area contributed by atoms with Crippen molar-refractivity contribution in [3.8, 4) is 0 Å². The highest BCUT2D eigenvalue weighted by Gasteiger charge is 2.39. The first kappa shape index (κ1) is 13.1. The minimum atomic E-state index is -0.402. The summed E-state index contributed by atoms with van der Waals surface area (Å²) in [6.07, 6.45) is 5.59. The number of benzene rings is 1. The van der Waals surface area contributed by atoms with Gasteiger partial charge in [0.2, 0.25) is 5.91 Å². The molecular formula is C15H20N4O. The SMILES string of the molecule is CCCC1(C(=O)Nc2cccc3[nH]ncc23)CCCN1. The monoisotopic (exact) mass is 272 g/mol. The van der Waals surface area contributed by atoms with Gasteiger partial charge in [-0.1, -0.05) is 19.4 Å². The van der Waals surface area contributed by atoms with Crippen LogP contribution in [0.3, 0.4) is 0 Å². The molecule has 1 saturated heterocycles. The number of aromatic amines is 1. The molecule has 5 heteroatoms. The zero-order chi connectivity index (χ0) is 14.0. The summed E-state index contributed by atoms with van der Waals surface area (Å²) in [5.74, 6) is 0.0746.